The predicted octanol–water partition coefficient (Wildman–Crippen LogP) is 5.52. The van der Waals surface area contributed by atoms with Gasteiger partial charge in [0.05, 0.1) is 34.4 Å². The van der Waals surface area contributed by atoms with E-state index in [0.717, 1.165) is 0 Å². The number of methoxy groups -OCH3 is 1. The molecule has 0 atom stereocenters. The molecule has 0 aliphatic heterocycles. The Morgan fingerprint density at radius 2 is 1.86 bits per heavy atom. The lowest BCUT2D eigenvalue weighted by molar-refractivity contribution is 0.0186. The molecule has 1 aliphatic carbocycles. The maximum atomic E-state index is 13.8. The third-order valence-electron chi connectivity index (χ3n) is 5.78. The normalized spacial score (nSPS) is 14.0. The Kier molecular flexibility index (Phi) is 8.77. The molecule has 1 aliphatic rings. The number of benzene rings is 2. The Bertz CT molecular complexity index is 1220. The predicted molar refractivity (Wildman–Crippen MR) is 132 cm³/mol. The van der Waals surface area contributed by atoms with Gasteiger partial charge in [0, 0.05) is 18.5 Å². The van der Waals surface area contributed by atoms with Crippen LogP contribution in [-0.2, 0) is 20.7 Å². The number of aryl methyl sites for hydroxylation is 1. The van der Waals surface area contributed by atoms with E-state index in [1.54, 1.807) is 25.1 Å². The summed E-state index contributed by atoms with van der Waals surface area (Å²) in [6, 6.07) is 10.2. The highest BCUT2D eigenvalue weighted by molar-refractivity contribution is 6.35. The van der Waals surface area contributed by atoms with Crippen molar-refractivity contribution in [2.24, 2.45) is 10.6 Å². The molecule has 3 rings (SSSR count). The summed E-state index contributed by atoms with van der Waals surface area (Å²) in [6.07, 6.45) is 0.641. The first-order valence-corrected chi connectivity index (χ1v) is 11.6. The van der Waals surface area contributed by atoms with Gasteiger partial charge < -0.3 is 19.2 Å². The summed E-state index contributed by atoms with van der Waals surface area (Å²) in [5, 5.41) is 13.3. The van der Waals surface area contributed by atoms with E-state index < -0.39 is 23.3 Å². The Morgan fingerprint density at radius 1 is 1.19 bits per heavy atom. The molecule has 1 saturated carbocycles. The molecule has 0 spiro atoms. The summed E-state index contributed by atoms with van der Waals surface area (Å²) in [5.41, 5.74) is 2.14. The Morgan fingerprint density at radius 3 is 2.39 bits per heavy atom. The average molecular weight is 536 g/mol. The first-order chi connectivity index (χ1) is 17.1. The van der Waals surface area contributed by atoms with Gasteiger partial charge in [0.1, 0.15) is 7.11 Å². The quantitative estimate of drug-likeness (QED) is 0.138. The van der Waals surface area contributed by atoms with E-state index in [1.165, 1.54) is 31.3 Å². The molecule has 1 fully saturated rings. The molecule has 0 unspecified atom stereocenters. The molecule has 0 radical (unpaired) electrons. The Balaban J connectivity index is 1.86. The minimum atomic E-state index is -0.928. The largest absolute Gasteiger partial charge is 0.509 e. The number of carbonyl (C=O) groups excluding carboxylic acids is 2. The minimum Gasteiger partial charge on any atom is -0.438 e. The van der Waals surface area contributed by atoms with Crippen LogP contribution in [0.5, 0.6) is 0 Å². The second-order valence-electron chi connectivity index (χ2n) is 8.42. The average Bonchev–Trinajstić information content (AvgIpc) is 3.64. The summed E-state index contributed by atoms with van der Waals surface area (Å²) in [7, 11) is 2.57. The van der Waals surface area contributed by atoms with Crippen LogP contribution in [-0.4, -0.2) is 50.2 Å². The monoisotopic (exact) mass is 535 g/mol. The zero-order valence-corrected chi connectivity index (χ0v) is 21.5. The lowest BCUT2D eigenvalue weighted by atomic mass is 9.97. The van der Waals surface area contributed by atoms with Gasteiger partial charge in [-0.25, -0.2) is 9.18 Å². The number of rotatable bonds is 9. The number of amides is 1. The first kappa shape index (κ1) is 27.2. The van der Waals surface area contributed by atoms with Crippen molar-refractivity contribution in [1.29, 1.82) is 5.26 Å². The van der Waals surface area contributed by atoms with E-state index in [4.69, 9.17) is 32.8 Å². The zero-order chi connectivity index (χ0) is 26.5. The Hall–Kier alpha value is -3.35. The van der Waals surface area contributed by atoms with Crippen LogP contribution in [0, 0.1) is 29.5 Å². The van der Waals surface area contributed by atoms with Crippen molar-refractivity contribution in [2.45, 2.75) is 26.2 Å². The van der Waals surface area contributed by atoms with Gasteiger partial charge in [-0.1, -0.05) is 34.4 Å². The van der Waals surface area contributed by atoms with Crippen LogP contribution in [0.15, 0.2) is 35.5 Å². The summed E-state index contributed by atoms with van der Waals surface area (Å²) in [6.45, 7) is 1.53. The fourth-order valence-electron chi connectivity index (χ4n) is 3.64. The lowest BCUT2D eigenvalue weighted by Crippen LogP contribution is -2.38. The summed E-state index contributed by atoms with van der Waals surface area (Å²) >= 11 is 11.8. The van der Waals surface area contributed by atoms with Crippen LogP contribution in [0.3, 0.4) is 0 Å². The number of carbonyl (C=O) groups is 2. The third kappa shape index (κ3) is 6.45. The van der Waals surface area contributed by atoms with Crippen LogP contribution in [0.25, 0.3) is 0 Å². The summed E-state index contributed by atoms with van der Waals surface area (Å²) in [5.74, 6) is -1.09. The second-order valence-corrected chi connectivity index (χ2v) is 9.24. The summed E-state index contributed by atoms with van der Waals surface area (Å²) in [4.78, 5) is 31.1. The van der Waals surface area contributed by atoms with E-state index in [2.05, 4.69) is 16.0 Å². The van der Waals surface area contributed by atoms with E-state index in [1.807, 2.05) is 0 Å². The molecule has 1 amide bonds. The topological polar surface area (TPSA) is 101 Å². The second kappa shape index (κ2) is 11.6. The first-order valence-electron chi connectivity index (χ1n) is 10.9. The minimum absolute atomic E-state index is 0.105. The molecule has 0 saturated heterocycles. The van der Waals surface area contributed by atoms with Gasteiger partial charge in [0.25, 0.3) is 5.91 Å². The highest BCUT2D eigenvalue weighted by Gasteiger charge is 2.45. The molecule has 0 heterocycles. The molecular formula is C25H24Cl2FN3O5. The summed E-state index contributed by atoms with van der Waals surface area (Å²) < 4.78 is 23.3. The zero-order valence-electron chi connectivity index (χ0n) is 19.9. The van der Waals surface area contributed by atoms with Gasteiger partial charge in [-0.05, 0) is 60.7 Å². The molecule has 0 aromatic heterocycles. The fourth-order valence-corrected chi connectivity index (χ4v) is 4.17. The van der Waals surface area contributed by atoms with Gasteiger partial charge in [0.15, 0.2) is 12.5 Å². The molecule has 8 nitrogen and oxygen atoms in total. The van der Waals surface area contributed by atoms with Crippen LogP contribution < -0.4 is 0 Å². The van der Waals surface area contributed by atoms with Crippen LogP contribution in [0.1, 0.15) is 39.9 Å². The SMILES string of the molecule is CO/N=C(\Cc1cc(Cl)c(F)c(Cl)c1)c1ccc(C(=O)N(COC(=O)OC)CC2(C#N)CC2)c(C)c1. The number of halogens is 3. The molecule has 2 aromatic rings. The van der Waals surface area contributed by atoms with Gasteiger partial charge in [-0.3, -0.25) is 4.79 Å². The highest BCUT2D eigenvalue weighted by atomic mass is 35.5. The van der Waals surface area contributed by atoms with Crippen molar-refractivity contribution in [3.8, 4) is 6.07 Å². The van der Waals surface area contributed by atoms with E-state index in [0.29, 0.717) is 40.8 Å². The maximum Gasteiger partial charge on any atom is 0.509 e. The standard InChI is InChI=1S/C25H24Cl2FN3O5/c1-15-8-17(21(30-35-3)11-16-9-19(26)22(28)20(27)10-16)4-5-18(15)23(32)31(14-36-24(33)34-2)13-25(12-29)6-7-25/h4-5,8-10H,6-7,11,13-14H2,1-3H3/b30-21+. The number of oxime groups is 1. The van der Waals surface area contributed by atoms with Crippen molar-refractivity contribution in [1.82, 2.24) is 4.90 Å². The van der Waals surface area contributed by atoms with Crippen LogP contribution >= 0.6 is 23.2 Å². The Labute approximate surface area is 218 Å². The molecule has 190 valence electrons. The molecular weight excluding hydrogens is 512 g/mol. The molecule has 36 heavy (non-hydrogen) atoms. The number of ether oxygens (including phenoxy) is 2. The number of hydrogen-bond acceptors (Lipinski definition) is 7. The fraction of sp³-hybridized carbons (Fsp3) is 0.360. The smallest absolute Gasteiger partial charge is 0.438 e. The third-order valence-corrected chi connectivity index (χ3v) is 6.33. The number of nitrogens with zero attached hydrogens (tertiary/aromatic N) is 3. The highest BCUT2D eigenvalue weighted by Crippen LogP contribution is 2.45. The van der Waals surface area contributed by atoms with Crippen molar-refractivity contribution in [3.63, 3.8) is 0 Å². The van der Waals surface area contributed by atoms with Gasteiger partial charge in [0.2, 0.25) is 0 Å². The van der Waals surface area contributed by atoms with Gasteiger partial charge >= 0.3 is 6.16 Å². The van der Waals surface area contributed by atoms with E-state index in [-0.39, 0.29) is 29.7 Å². The molecule has 2 aromatic carbocycles. The van der Waals surface area contributed by atoms with Crippen molar-refractivity contribution >= 4 is 41.0 Å². The van der Waals surface area contributed by atoms with Crippen molar-refractivity contribution in [3.05, 3.63) is 68.4 Å². The van der Waals surface area contributed by atoms with Crippen molar-refractivity contribution < 1.29 is 28.3 Å². The molecule has 11 heteroatoms. The molecule has 0 N–H and O–H groups in total. The van der Waals surface area contributed by atoms with Crippen molar-refractivity contribution in [2.75, 3.05) is 27.5 Å². The maximum absolute atomic E-state index is 13.8. The van der Waals surface area contributed by atoms with Gasteiger partial charge in [-0.15, -0.1) is 0 Å². The van der Waals surface area contributed by atoms with Crippen LogP contribution in [0.2, 0.25) is 10.0 Å². The van der Waals surface area contributed by atoms with Crippen LogP contribution in [0.4, 0.5) is 9.18 Å². The van der Waals surface area contributed by atoms with E-state index in [9.17, 15) is 19.2 Å². The van der Waals surface area contributed by atoms with E-state index >= 15 is 0 Å². The molecule has 0 bridgehead atoms. The number of nitriles is 1. The lowest BCUT2D eigenvalue weighted by Gasteiger charge is -2.25. The van der Waals surface area contributed by atoms with Gasteiger partial charge in [-0.2, -0.15) is 5.26 Å². The number of hydrogen-bond donors (Lipinski definition) is 0.